The van der Waals surface area contributed by atoms with Gasteiger partial charge in [0.2, 0.25) is 0 Å². The standard InChI is InChI=1S/C27H23ClN2O3/c28-22-10-5-19(6-11-22)17-25(27(32)29-15-16-31)20-8-13-24(14-9-20)33-18-23-12-7-21-3-1-2-4-26(21)30-23/h1-14,17,31H,15-16,18H2,(H,29,32). The van der Waals surface area contributed by atoms with Gasteiger partial charge in [0.25, 0.3) is 5.91 Å². The molecule has 5 nitrogen and oxygen atoms in total. The highest BCUT2D eigenvalue weighted by atomic mass is 35.5. The number of hydrogen-bond donors (Lipinski definition) is 2. The molecule has 0 aliphatic heterocycles. The minimum absolute atomic E-state index is 0.129. The summed E-state index contributed by atoms with van der Waals surface area (Å²) in [6, 6.07) is 26.5. The van der Waals surface area contributed by atoms with Gasteiger partial charge in [-0.25, -0.2) is 4.98 Å². The molecule has 2 N–H and O–H groups in total. The first kappa shape index (κ1) is 22.5. The average Bonchev–Trinajstić information content (AvgIpc) is 2.86. The highest BCUT2D eigenvalue weighted by Crippen LogP contribution is 2.23. The number of fused-ring (bicyclic) bond motifs is 1. The van der Waals surface area contributed by atoms with Crippen LogP contribution in [-0.2, 0) is 11.4 Å². The smallest absolute Gasteiger partial charge is 0.251 e. The minimum atomic E-state index is -0.270. The molecule has 0 atom stereocenters. The SMILES string of the molecule is O=C(NCCO)C(=Cc1ccc(Cl)cc1)c1ccc(OCc2ccc3ccccc3n2)cc1. The van der Waals surface area contributed by atoms with Gasteiger partial charge in [-0.15, -0.1) is 0 Å². The van der Waals surface area contributed by atoms with Gasteiger partial charge in [-0.05, 0) is 53.6 Å². The summed E-state index contributed by atoms with van der Waals surface area (Å²) < 4.78 is 5.90. The molecule has 0 unspecified atom stereocenters. The first-order valence-electron chi connectivity index (χ1n) is 10.6. The summed E-state index contributed by atoms with van der Waals surface area (Å²) in [7, 11) is 0. The Morgan fingerprint density at radius 1 is 0.970 bits per heavy atom. The molecule has 1 amide bonds. The second-order valence-corrected chi connectivity index (χ2v) is 7.83. The molecule has 3 aromatic carbocycles. The van der Waals surface area contributed by atoms with Gasteiger partial charge in [0.15, 0.2) is 0 Å². The summed E-state index contributed by atoms with van der Waals surface area (Å²) in [6.07, 6.45) is 1.79. The van der Waals surface area contributed by atoms with Gasteiger partial charge in [-0.2, -0.15) is 0 Å². The van der Waals surface area contributed by atoms with Crippen LogP contribution in [0.15, 0.2) is 84.9 Å². The number of nitrogens with one attached hydrogen (secondary N) is 1. The molecule has 0 spiro atoms. The fourth-order valence-corrected chi connectivity index (χ4v) is 3.47. The van der Waals surface area contributed by atoms with E-state index >= 15 is 0 Å². The van der Waals surface area contributed by atoms with Crippen molar-refractivity contribution >= 4 is 40.1 Å². The number of carbonyl (C=O) groups excluding carboxylic acids is 1. The number of ether oxygens (including phenoxy) is 1. The number of amides is 1. The lowest BCUT2D eigenvalue weighted by Gasteiger charge is -2.11. The first-order chi connectivity index (χ1) is 16.1. The second-order valence-electron chi connectivity index (χ2n) is 7.40. The molecule has 0 radical (unpaired) electrons. The predicted octanol–water partition coefficient (Wildman–Crippen LogP) is 5.12. The Hall–Kier alpha value is -3.67. The van der Waals surface area contributed by atoms with Crippen LogP contribution in [0.1, 0.15) is 16.8 Å². The third kappa shape index (κ3) is 5.98. The lowest BCUT2D eigenvalue weighted by molar-refractivity contribution is -0.115. The van der Waals surface area contributed by atoms with Crippen molar-refractivity contribution in [2.45, 2.75) is 6.61 Å². The van der Waals surface area contributed by atoms with Crippen LogP contribution >= 0.6 is 11.6 Å². The molecule has 4 aromatic rings. The summed E-state index contributed by atoms with van der Waals surface area (Å²) >= 11 is 5.97. The third-order valence-electron chi connectivity index (χ3n) is 5.03. The first-order valence-corrected chi connectivity index (χ1v) is 10.9. The molecular formula is C27H23ClN2O3. The lowest BCUT2D eigenvalue weighted by atomic mass is 10.0. The van der Waals surface area contributed by atoms with Crippen molar-refractivity contribution in [1.82, 2.24) is 10.3 Å². The molecular weight excluding hydrogens is 436 g/mol. The second kappa shape index (κ2) is 10.8. The van der Waals surface area contributed by atoms with E-state index in [1.807, 2.05) is 72.8 Å². The molecule has 0 fully saturated rings. The maximum Gasteiger partial charge on any atom is 0.251 e. The van der Waals surface area contributed by atoms with Crippen LogP contribution in [0.25, 0.3) is 22.6 Å². The molecule has 1 aromatic heterocycles. The number of carbonyl (C=O) groups is 1. The summed E-state index contributed by atoms with van der Waals surface area (Å²) in [5, 5.41) is 13.5. The van der Waals surface area contributed by atoms with Crippen molar-refractivity contribution in [1.29, 1.82) is 0 Å². The van der Waals surface area contributed by atoms with E-state index in [1.54, 1.807) is 18.2 Å². The summed E-state index contributed by atoms with van der Waals surface area (Å²) in [6.45, 7) is 0.390. The van der Waals surface area contributed by atoms with E-state index in [4.69, 9.17) is 21.4 Å². The highest BCUT2D eigenvalue weighted by molar-refractivity contribution is 6.30. The van der Waals surface area contributed by atoms with Crippen molar-refractivity contribution < 1.29 is 14.6 Å². The van der Waals surface area contributed by atoms with E-state index in [2.05, 4.69) is 10.3 Å². The number of aromatic nitrogens is 1. The Labute approximate surface area is 197 Å². The van der Waals surface area contributed by atoms with E-state index in [-0.39, 0.29) is 19.1 Å². The minimum Gasteiger partial charge on any atom is -0.487 e. The monoisotopic (exact) mass is 458 g/mol. The molecule has 0 aliphatic carbocycles. The van der Waals surface area contributed by atoms with Gasteiger partial charge in [0, 0.05) is 22.5 Å². The van der Waals surface area contributed by atoms with Gasteiger partial charge < -0.3 is 15.2 Å². The van der Waals surface area contributed by atoms with Crippen molar-refractivity contribution in [2.75, 3.05) is 13.2 Å². The molecule has 6 heteroatoms. The van der Waals surface area contributed by atoms with Gasteiger partial charge in [-0.3, -0.25) is 4.79 Å². The van der Waals surface area contributed by atoms with E-state index in [0.29, 0.717) is 23.0 Å². The maximum atomic E-state index is 12.7. The third-order valence-corrected chi connectivity index (χ3v) is 5.28. The van der Waals surface area contributed by atoms with Crippen LogP contribution in [0.3, 0.4) is 0 Å². The predicted molar refractivity (Wildman–Crippen MR) is 132 cm³/mol. The number of benzene rings is 3. The summed E-state index contributed by atoms with van der Waals surface area (Å²) in [5.41, 5.74) is 3.82. The van der Waals surface area contributed by atoms with Crippen LogP contribution in [-0.4, -0.2) is 29.1 Å². The number of hydrogen-bond acceptors (Lipinski definition) is 4. The number of rotatable bonds is 8. The Morgan fingerprint density at radius 2 is 1.73 bits per heavy atom. The van der Waals surface area contributed by atoms with Gasteiger partial charge in [0.1, 0.15) is 12.4 Å². The van der Waals surface area contributed by atoms with Gasteiger partial charge in [0.05, 0.1) is 17.8 Å². The molecule has 0 saturated heterocycles. The Kier molecular flexibility index (Phi) is 7.35. The number of aliphatic hydroxyl groups is 1. The quantitative estimate of drug-likeness (QED) is 0.284. The molecule has 0 aliphatic rings. The zero-order valence-electron chi connectivity index (χ0n) is 17.9. The fourth-order valence-electron chi connectivity index (χ4n) is 3.35. The van der Waals surface area contributed by atoms with E-state index in [9.17, 15) is 4.79 Å². The van der Waals surface area contributed by atoms with Crippen molar-refractivity contribution in [3.8, 4) is 5.75 Å². The maximum absolute atomic E-state index is 12.7. The average molecular weight is 459 g/mol. The molecule has 0 saturated carbocycles. The Morgan fingerprint density at radius 3 is 2.48 bits per heavy atom. The molecule has 1 heterocycles. The van der Waals surface area contributed by atoms with Gasteiger partial charge in [-0.1, -0.05) is 60.1 Å². The largest absolute Gasteiger partial charge is 0.487 e. The van der Waals surface area contributed by atoms with E-state index < -0.39 is 0 Å². The van der Waals surface area contributed by atoms with Gasteiger partial charge >= 0.3 is 0 Å². The van der Waals surface area contributed by atoms with Crippen molar-refractivity contribution in [2.24, 2.45) is 0 Å². The number of halogens is 1. The molecule has 4 rings (SSSR count). The molecule has 33 heavy (non-hydrogen) atoms. The lowest BCUT2D eigenvalue weighted by Crippen LogP contribution is -2.27. The van der Waals surface area contributed by atoms with E-state index in [0.717, 1.165) is 27.7 Å². The Balaban J connectivity index is 1.51. The number of aliphatic hydroxyl groups excluding tert-OH is 1. The highest BCUT2D eigenvalue weighted by Gasteiger charge is 2.12. The van der Waals surface area contributed by atoms with Crippen molar-refractivity contribution in [3.05, 3.63) is 107 Å². The van der Waals surface area contributed by atoms with Crippen LogP contribution in [0, 0.1) is 0 Å². The van der Waals surface area contributed by atoms with Crippen molar-refractivity contribution in [3.63, 3.8) is 0 Å². The zero-order valence-corrected chi connectivity index (χ0v) is 18.6. The summed E-state index contributed by atoms with van der Waals surface area (Å²) in [4.78, 5) is 17.3. The van der Waals surface area contributed by atoms with Crippen LogP contribution in [0.2, 0.25) is 5.02 Å². The van der Waals surface area contributed by atoms with Crippen LogP contribution in [0.5, 0.6) is 5.75 Å². The van der Waals surface area contributed by atoms with Crippen LogP contribution in [0.4, 0.5) is 0 Å². The fraction of sp³-hybridized carbons (Fsp3) is 0.111. The number of nitrogens with zero attached hydrogens (tertiary/aromatic N) is 1. The zero-order chi connectivity index (χ0) is 23.0. The van der Waals surface area contributed by atoms with E-state index in [1.165, 1.54) is 0 Å². The molecule has 0 bridgehead atoms. The number of para-hydroxylation sites is 1. The summed E-state index contributed by atoms with van der Waals surface area (Å²) in [5.74, 6) is 0.406. The Bertz CT molecular complexity index is 1270. The topological polar surface area (TPSA) is 71.5 Å². The molecule has 166 valence electrons. The normalized spacial score (nSPS) is 11.4. The number of pyridine rings is 1. The van der Waals surface area contributed by atoms with Crippen LogP contribution < -0.4 is 10.1 Å².